The van der Waals surface area contributed by atoms with Crippen LogP contribution in [0.25, 0.3) is 5.78 Å². The quantitative estimate of drug-likeness (QED) is 0.913. The van der Waals surface area contributed by atoms with Crippen LogP contribution in [0.2, 0.25) is 0 Å². The predicted octanol–water partition coefficient (Wildman–Crippen LogP) is 1.56. The molecular weight excluding hydrogens is 274 g/mol. The summed E-state index contributed by atoms with van der Waals surface area (Å²) >= 11 is 0. The minimum absolute atomic E-state index is 0. The second-order valence-corrected chi connectivity index (χ2v) is 5.51. The maximum Gasteiger partial charge on any atom is 0.234 e. The molecule has 1 fully saturated rings. The summed E-state index contributed by atoms with van der Waals surface area (Å²) < 4.78 is 2.17. The van der Waals surface area contributed by atoms with E-state index in [1.165, 1.54) is 11.4 Å². The summed E-state index contributed by atoms with van der Waals surface area (Å²) in [4.78, 5) is 11.4. The number of aromatic nitrogens is 3. The van der Waals surface area contributed by atoms with Crippen LogP contribution in [0, 0.1) is 13.8 Å². The molecule has 0 amide bonds. The number of rotatable bonds is 2. The second-order valence-electron chi connectivity index (χ2n) is 5.51. The minimum atomic E-state index is 0. The van der Waals surface area contributed by atoms with Crippen molar-refractivity contribution in [2.75, 3.05) is 19.6 Å². The van der Waals surface area contributed by atoms with Gasteiger partial charge in [0, 0.05) is 43.6 Å². The molecule has 1 aliphatic rings. The number of aryl methyl sites for hydroxylation is 2. The van der Waals surface area contributed by atoms with Gasteiger partial charge < -0.3 is 5.32 Å². The highest BCUT2D eigenvalue weighted by Crippen LogP contribution is 2.13. The smallest absolute Gasteiger partial charge is 0.234 e. The largest absolute Gasteiger partial charge is 0.312 e. The lowest BCUT2D eigenvalue weighted by Gasteiger charge is -2.31. The number of halogens is 1. The maximum absolute atomic E-state index is 4.49. The Morgan fingerprint density at radius 3 is 2.95 bits per heavy atom. The molecule has 0 aromatic carbocycles. The Morgan fingerprint density at radius 1 is 1.40 bits per heavy atom. The van der Waals surface area contributed by atoms with E-state index in [1.807, 2.05) is 13.1 Å². The third-order valence-electron chi connectivity index (χ3n) is 3.70. The number of hydrogen-bond donors (Lipinski definition) is 1. The van der Waals surface area contributed by atoms with Crippen molar-refractivity contribution in [3.05, 3.63) is 29.3 Å². The highest BCUT2D eigenvalue weighted by Gasteiger charge is 2.17. The molecule has 2 aromatic rings. The van der Waals surface area contributed by atoms with Crippen LogP contribution in [-0.4, -0.2) is 44.9 Å². The SMILES string of the molecule is Cc1cc(C)n2c(CN3CCNC(C)C3)cnc2n1.Cl. The van der Waals surface area contributed by atoms with Gasteiger partial charge in [0.05, 0.1) is 11.9 Å². The van der Waals surface area contributed by atoms with Crippen molar-refractivity contribution in [3.8, 4) is 0 Å². The summed E-state index contributed by atoms with van der Waals surface area (Å²) in [5, 5.41) is 3.47. The molecule has 1 aliphatic heterocycles. The first kappa shape index (κ1) is 15.2. The number of hydrogen-bond acceptors (Lipinski definition) is 4. The number of imidazole rings is 1. The number of piperazine rings is 1. The maximum atomic E-state index is 4.49. The lowest BCUT2D eigenvalue weighted by molar-refractivity contribution is 0.197. The van der Waals surface area contributed by atoms with Crippen molar-refractivity contribution in [1.29, 1.82) is 0 Å². The molecule has 1 N–H and O–H groups in total. The first-order valence-corrected chi connectivity index (χ1v) is 6.90. The Hall–Kier alpha value is -1.17. The molecule has 0 bridgehead atoms. The van der Waals surface area contributed by atoms with Crippen LogP contribution in [0.15, 0.2) is 12.3 Å². The third-order valence-corrected chi connectivity index (χ3v) is 3.70. The fourth-order valence-electron chi connectivity index (χ4n) is 2.89. The third kappa shape index (κ3) is 2.95. The summed E-state index contributed by atoms with van der Waals surface area (Å²) in [5.74, 6) is 0.815. The molecule has 2 aromatic heterocycles. The molecular formula is C14H22ClN5. The summed E-state index contributed by atoms with van der Waals surface area (Å²) in [5.41, 5.74) is 3.46. The fraction of sp³-hybridized carbons (Fsp3) is 0.571. The van der Waals surface area contributed by atoms with E-state index >= 15 is 0 Å². The van der Waals surface area contributed by atoms with Gasteiger partial charge in [-0.15, -0.1) is 12.4 Å². The molecule has 0 radical (unpaired) electrons. The molecule has 0 spiro atoms. The van der Waals surface area contributed by atoms with Crippen LogP contribution in [0.1, 0.15) is 24.0 Å². The van der Waals surface area contributed by atoms with E-state index in [9.17, 15) is 0 Å². The minimum Gasteiger partial charge on any atom is -0.312 e. The summed E-state index contributed by atoms with van der Waals surface area (Å²) in [6.45, 7) is 10.6. The molecule has 3 rings (SSSR count). The Balaban J connectivity index is 0.00000147. The van der Waals surface area contributed by atoms with Gasteiger partial charge >= 0.3 is 0 Å². The molecule has 0 aliphatic carbocycles. The van der Waals surface area contributed by atoms with E-state index in [4.69, 9.17) is 0 Å². The highest BCUT2D eigenvalue weighted by atomic mass is 35.5. The van der Waals surface area contributed by atoms with E-state index in [1.54, 1.807) is 0 Å². The van der Waals surface area contributed by atoms with Crippen LogP contribution in [0.3, 0.4) is 0 Å². The van der Waals surface area contributed by atoms with Gasteiger partial charge in [-0.3, -0.25) is 9.30 Å². The molecule has 1 unspecified atom stereocenters. The lowest BCUT2D eigenvalue weighted by atomic mass is 10.2. The van der Waals surface area contributed by atoms with Crippen molar-refractivity contribution < 1.29 is 0 Å². The van der Waals surface area contributed by atoms with Crippen LogP contribution in [0.5, 0.6) is 0 Å². The van der Waals surface area contributed by atoms with Gasteiger partial charge in [-0.25, -0.2) is 9.97 Å². The molecule has 20 heavy (non-hydrogen) atoms. The van der Waals surface area contributed by atoms with Gasteiger partial charge in [0.1, 0.15) is 0 Å². The molecule has 5 nitrogen and oxygen atoms in total. The van der Waals surface area contributed by atoms with Gasteiger partial charge in [-0.2, -0.15) is 0 Å². The van der Waals surface area contributed by atoms with Crippen molar-refractivity contribution in [2.45, 2.75) is 33.4 Å². The van der Waals surface area contributed by atoms with Crippen molar-refractivity contribution in [3.63, 3.8) is 0 Å². The lowest BCUT2D eigenvalue weighted by Crippen LogP contribution is -2.48. The Morgan fingerprint density at radius 2 is 2.20 bits per heavy atom. The van der Waals surface area contributed by atoms with E-state index in [0.29, 0.717) is 6.04 Å². The van der Waals surface area contributed by atoms with Crippen molar-refractivity contribution >= 4 is 18.2 Å². The zero-order valence-electron chi connectivity index (χ0n) is 12.3. The molecule has 0 saturated carbocycles. The monoisotopic (exact) mass is 295 g/mol. The molecule has 3 heterocycles. The van der Waals surface area contributed by atoms with Gasteiger partial charge in [0.25, 0.3) is 0 Å². The van der Waals surface area contributed by atoms with Crippen LogP contribution in [-0.2, 0) is 6.54 Å². The van der Waals surface area contributed by atoms with E-state index in [0.717, 1.165) is 37.7 Å². The predicted molar refractivity (Wildman–Crippen MR) is 82.5 cm³/mol. The molecule has 6 heteroatoms. The van der Waals surface area contributed by atoms with Gasteiger partial charge in [-0.05, 0) is 26.8 Å². The van der Waals surface area contributed by atoms with Gasteiger partial charge in [-0.1, -0.05) is 0 Å². The first-order valence-electron chi connectivity index (χ1n) is 6.90. The zero-order valence-corrected chi connectivity index (χ0v) is 13.1. The molecule has 1 saturated heterocycles. The Labute approximate surface area is 125 Å². The van der Waals surface area contributed by atoms with E-state index in [-0.39, 0.29) is 12.4 Å². The van der Waals surface area contributed by atoms with Crippen molar-refractivity contribution in [1.82, 2.24) is 24.6 Å². The normalized spacial score (nSPS) is 20.1. The number of nitrogens with zero attached hydrogens (tertiary/aromatic N) is 4. The zero-order chi connectivity index (χ0) is 13.4. The standard InChI is InChI=1S/C14H21N5.ClH/c1-10-6-12(3)19-13(7-16-14(19)17-10)9-18-5-4-15-11(2)8-18;/h6-7,11,15H,4-5,8-9H2,1-3H3;1H. The first-order chi connectivity index (χ1) is 9.13. The number of fused-ring (bicyclic) bond motifs is 1. The highest BCUT2D eigenvalue weighted by molar-refractivity contribution is 5.85. The van der Waals surface area contributed by atoms with E-state index < -0.39 is 0 Å². The second kappa shape index (κ2) is 6.08. The summed E-state index contributed by atoms with van der Waals surface area (Å²) in [7, 11) is 0. The van der Waals surface area contributed by atoms with Crippen LogP contribution >= 0.6 is 12.4 Å². The average molecular weight is 296 g/mol. The van der Waals surface area contributed by atoms with Gasteiger partial charge in [0.2, 0.25) is 5.78 Å². The van der Waals surface area contributed by atoms with Crippen LogP contribution in [0.4, 0.5) is 0 Å². The van der Waals surface area contributed by atoms with E-state index in [2.05, 4.69) is 44.5 Å². The Bertz CT molecular complexity index is 595. The van der Waals surface area contributed by atoms with Gasteiger partial charge in [0.15, 0.2) is 0 Å². The molecule has 110 valence electrons. The Kier molecular flexibility index (Phi) is 4.62. The number of nitrogens with one attached hydrogen (secondary N) is 1. The molecule has 1 atom stereocenters. The van der Waals surface area contributed by atoms with Crippen LogP contribution < -0.4 is 5.32 Å². The average Bonchev–Trinajstić information content (AvgIpc) is 2.72. The summed E-state index contributed by atoms with van der Waals surface area (Å²) in [6, 6.07) is 2.67. The topological polar surface area (TPSA) is 45.5 Å². The van der Waals surface area contributed by atoms with Crippen molar-refractivity contribution in [2.24, 2.45) is 0 Å². The summed E-state index contributed by atoms with van der Waals surface area (Å²) in [6.07, 6.45) is 1.96. The fourth-order valence-corrected chi connectivity index (χ4v) is 2.89.